The van der Waals surface area contributed by atoms with Crippen molar-refractivity contribution in [2.45, 2.75) is 25.7 Å². The van der Waals surface area contributed by atoms with E-state index in [-0.39, 0.29) is 11.8 Å². The SMILES string of the molecule is COc1ccc(-c2noc(C3CC(=O)N(CCc4ccc(C)cc4)C3)n2)cc1OC. The Morgan fingerprint density at radius 3 is 2.60 bits per heavy atom. The van der Waals surface area contributed by atoms with Gasteiger partial charge in [0.05, 0.1) is 20.1 Å². The van der Waals surface area contributed by atoms with Gasteiger partial charge in [0, 0.05) is 25.1 Å². The van der Waals surface area contributed by atoms with Crippen LogP contribution in [0.2, 0.25) is 0 Å². The molecule has 2 heterocycles. The Bertz CT molecular complexity index is 1030. The van der Waals surface area contributed by atoms with Crippen molar-refractivity contribution in [2.24, 2.45) is 0 Å². The molecule has 0 spiro atoms. The summed E-state index contributed by atoms with van der Waals surface area (Å²) in [7, 11) is 3.17. The molecule has 1 aliphatic heterocycles. The number of likely N-dealkylation sites (tertiary alicyclic amines) is 1. The summed E-state index contributed by atoms with van der Waals surface area (Å²) in [6.45, 7) is 3.35. The highest BCUT2D eigenvalue weighted by Crippen LogP contribution is 2.33. The zero-order valence-electron chi connectivity index (χ0n) is 17.4. The van der Waals surface area contributed by atoms with Gasteiger partial charge in [-0.1, -0.05) is 35.0 Å². The zero-order valence-corrected chi connectivity index (χ0v) is 17.4. The number of benzene rings is 2. The molecule has 1 saturated heterocycles. The Hall–Kier alpha value is -3.35. The fraction of sp³-hybridized carbons (Fsp3) is 0.348. The third kappa shape index (κ3) is 4.15. The molecule has 0 radical (unpaired) electrons. The van der Waals surface area contributed by atoms with E-state index < -0.39 is 0 Å². The molecule has 1 aromatic heterocycles. The van der Waals surface area contributed by atoms with Crippen LogP contribution in [-0.2, 0) is 11.2 Å². The molecule has 3 aromatic rings. The van der Waals surface area contributed by atoms with Crippen LogP contribution in [0.3, 0.4) is 0 Å². The highest BCUT2D eigenvalue weighted by Gasteiger charge is 2.34. The summed E-state index contributed by atoms with van der Waals surface area (Å²) in [5, 5.41) is 4.10. The minimum absolute atomic E-state index is 0.0862. The second-order valence-electron chi connectivity index (χ2n) is 7.50. The third-order valence-electron chi connectivity index (χ3n) is 5.44. The number of nitrogens with zero attached hydrogens (tertiary/aromatic N) is 3. The van der Waals surface area contributed by atoms with Gasteiger partial charge in [-0.15, -0.1) is 0 Å². The van der Waals surface area contributed by atoms with E-state index in [0.717, 1.165) is 12.0 Å². The van der Waals surface area contributed by atoms with E-state index in [1.54, 1.807) is 26.4 Å². The second kappa shape index (κ2) is 8.57. The van der Waals surface area contributed by atoms with Crippen LogP contribution < -0.4 is 9.47 Å². The molecular formula is C23H25N3O4. The lowest BCUT2D eigenvalue weighted by molar-refractivity contribution is -0.127. The lowest BCUT2D eigenvalue weighted by Crippen LogP contribution is -2.27. The van der Waals surface area contributed by atoms with Crippen molar-refractivity contribution in [3.05, 3.63) is 59.5 Å². The molecule has 0 bridgehead atoms. The summed E-state index contributed by atoms with van der Waals surface area (Å²) in [4.78, 5) is 18.9. The van der Waals surface area contributed by atoms with Gasteiger partial charge in [-0.25, -0.2) is 0 Å². The van der Waals surface area contributed by atoms with Gasteiger partial charge < -0.3 is 18.9 Å². The van der Waals surface area contributed by atoms with Crippen molar-refractivity contribution >= 4 is 5.91 Å². The lowest BCUT2D eigenvalue weighted by atomic mass is 10.1. The summed E-state index contributed by atoms with van der Waals surface area (Å²) in [5.74, 6) is 2.23. The molecule has 7 nitrogen and oxygen atoms in total. The maximum absolute atomic E-state index is 12.5. The van der Waals surface area contributed by atoms with Crippen molar-refractivity contribution in [1.82, 2.24) is 15.0 Å². The van der Waals surface area contributed by atoms with Crippen LogP contribution in [0.1, 0.15) is 29.4 Å². The van der Waals surface area contributed by atoms with E-state index in [1.165, 1.54) is 11.1 Å². The number of carbonyl (C=O) groups is 1. The number of methoxy groups -OCH3 is 2. The first kappa shape index (κ1) is 19.9. The van der Waals surface area contributed by atoms with Gasteiger partial charge in [-0.2, -0.15) is 4.98 Å². The fourth-order valence-corrected chi connectivity index (χ4v) is 3.67. The van der Waals surface area contributed by atoms with E-state index >= 15 is 0 Å². The van der Waals surface area contributed by atoms with Gasteiger partial charge in [0.2, 0.25) is 17.6 Å². The van der Waals surface area contributed by atoms with E-state index in [0.29, 0.717) is 42.7 Å². The second-order valence-corrected chi connectivity index (χ2v) is 7.50. The maximum atomic E-state index is 12.5. The topological polar surface area (TPSA) is 77.7 Å². The van der Waals surface area contributed by atoms with Crippen LogP contribution in [-0.4, -0.2) is 48.3 Å². The number of hydrogen-bond donors (Lipinski definition) is 0. The third-order valence-corrected chi connectivity index (χ3v) is 5.44. The molecule has 1 aliphatic rings. The Morgan fingerprint density at radius 1 is 1.10 bits per heavy atom. The van der Waals surface area contributed by atoms with E-state index in [2.05, 4.69) is 41.3 Å². The molecule has 30 heavy (non-hydrogen) atoms. The quantitative estimate of drug-likeness (QED) is 0.595. The van der Waals surface area contributed by atoms with Gasteiger partial charge in [0.1, 0.15) is 0 Å². The highest BCUT2D eigenvalue weighted by molar-refractivity contribution is 5.79. The summed E-state index contributed by atoms with van der Waals surface area (Å²) in [5.41, 5.74) is 3.23. The first-order chi connectivity index (χ1) is 14.6. The summed E-state index contributed by atoms with van der Waals surface area (Å²) < 4.78 is 16.1. The van der Waals surface area contributed by atoms with E-state index in [1.807, 2.05) is 11.0 Å². The van der Waals surface area contributed by atoms with Crippen molar-refractivity contribution in [3.8, 4) is 22.9 Å². The standard InChI is InChI=1S/C23H25N3O4/c1-15-4-6-16(7-5-15)10-11-26-14-18(13-21(26)27)23-24-22(25-30-23)17-8-9-19(28-2)20(12-17)29-3/h4-9,12,18H,10-11,13-14H2,1-3H3. The predicted octanol–water partition coefficient (Wildman–Crippen LogP) is 3.62. The molecule has 2 aromatic carbocycles. The smallest absolute Gasteiger partial charge is 0.232 e. The summed E-state index contributed by atoms with van der Waals surface area (Å²) in [6, 6.07) is 13.9. The van der Waals surface area contributed by atoms with Gasteiger partial charge >= 0.3 is 0 Å². The monoisotopic (exact) mass is 407 g/mol. The number of carbonyl (C=O) groups excluding carboxylic acids is 1. The van der Waals surface area contributed by atoms with Crippen molar-refractivity contribution in [3.63, 3.8) is 0 Å². The average Bonchev–Trinajstić information content (AvgIpc) is 3.40. The van der Waals surface area contributed by atoms with Crippen LogP contribution in [0.5, 0.6) is 11.5 Å². The Labute approximate surface area is 175 Å². The fourth-order valence-electron chi connectivity index (χ4n) is 3.67. The Morgan fingerprint density at radius 2 is 1.87 bits per heavy atom. The summed E-state index contributed by atoms with van der Waals surface area (Å²) in [6.07, 6.45) is 1.22. The first-order valence-corrected chi connectivity index (χ1v) is 9.96. The van der Waals surface area contributed by atoms with Crippen LogP contribution in [0.4, 0.5) is 0 Å². The van der Waals surface area contributed by atoms with Gasteiger partial charge in [-0.05, 0) is 37.1 Å². The Balaban J connectivity index is 1.42. The van der Waals surface area contributed by atoms with Crippen molar-refractivity contribution in [2.75, 3.05) is 27.3 Å². The Kier molecular flexibility index (Phi) is 5.70. The molecular weight excluding hydrogens is 382 g/mol. The van der Waals surface area contributed by atoms with E-state index in [9.17, 15) is 4.79 Å². The highest BCUT2D eigenvalue weighted by atomic mass is 16.5. The van der Waals surface area contributed by atoms with Crippen molar-refractivity contribution < 1.29 is 18.8 Å². The number of amides is 1. The molecule has 0 N–H and O–H groups in total. The van der Waals surface area contributed by atoms with Crippen LogP contribution in [0.25, 0.3) is 11.4 Å². The minimum atomic E-state index is -0.0862. The molecule has 1 atom stereocenters. The predicted molar refractivity (Wildman–Crippen MR) is 112 cm³/mol. The minimum Gasteiger partial charge on any atom is -0.493 e. The van der Waals surface area contributed by atoms with Gasteiger partial charge in [0.15, 0.2) is 11.5 Å². The number of hydrogen-bond acceptors (Lipinski definition) is 6. The van der Waals surface area contributed by atoms with Crippen LogP contribution in [0, 0.1) is 6.92 Å². The molecule has 7 heteroatoms. The van der Waals surface area contributed by atoms with Crippen LogP contribution >= 0.6 is 0 Å². The van der Waals surface area contributed by atoms with Gasteiger partial charge in [-0.3, -0.25) is 4.79 Å². The normalized spacial score (nSPS) is 16.2. The zero-order chi connectivity index (χ0) is 21.1. The number of aryl methyl sites for hydroxylation is 1. The van der Waals surface area contributed by atoms with Crippen molar-refractivity contribution in [1.29, 1.82) is 0 Å². The lowest BCUT2D eigenvalue weighted by Gasteiger charge is -2.15. The molecule has 1 fully saturated rings. The summed E-state index contributed by atoms with van der Waals surface area (Å²) >= 11 is 0. The first-order valence-electron chi connectivity index (χ1n) is 9.96. The van der Waals surface area contributed by atoms with E-state index in [4.69, 9.17) is 14.0 Å². The average molecular weight is 407 g/mol. The van der Waals surface area contributed by atoms with Gasteiger partial charge in [0.25, 0.3) is 0 Å². The molecule has 0 aliphatic carbocycles. The molecule has 4 rings (SSSR count). The molecule has 0 saturated carbocycles. The molecule has 156 valence electrons. The largest absolute Gasteiger partial charge is 0.493 e. The molecule has 1 amide bonds. The number of rotatable bonds is 7. The maximum Gasteiger partial charge on any atom is 0.232 e. The van der Waals surface area contributed by atoms with Crippen LogP contribution in [0.15, 0.2) is 47.0 Å². The molecule has 1 unspecified atom stereocenters. The number of aromatic nitrogens is 2. The number of ether oxygens (including phenoxy) is 2.